The van der Waals surface area contributed by atoms with Gasteiger partial charge in [-0.3, -0.25) is 9.59 Å². The number of nitrogens with zero attached hydrogens (tertiary/aromatic N) is 1. The molecule has 0 aliphatic carbocycles. The van der Waals surface area contributed by atoms with Crippen LogP contribution in [0.15, 0.2) is 47.6 Å². The molecule has 0 unspecified atom stereocenters. The van der Waals surface area contributed by atoms with Crippen molar-refractivity contribution in [1.29, 1.82) is 0 Å². The van der Waals surface area contributed by atoms with E-state index < -0.39 is 0 Å². The second-order valence-electron chi connectivity index (χ2n) is 6.30. The van der Waals surface area contributed by atoms with Gasteiger partial charge in [-0.1, -0.05) is 0 Å². The molecule has 0 aromatic heterocycles. The van der Waals surface area contributed by atoms with Crippen molar-refractivity contribution in [1.82, 2.24) is 5.43 Å². The highest BCUT2D eigenvalue weighted by Crippen LogP contribution is 2.25. The highest BCUT2D eigenvalue weighted by Gasteiger charge is 2.10. The second-order valence-corrected chi connectivity index (χ2v) is 6.30. The summed E-state index contributed by atoms with van der Waals surface area (Å²) in [7, 11) is 3.12. The SMILES string of the molecule is CCOc1ccc(NC(=O)CCC(=O)NN=C(C)c2ccc(OC)cc2OC)cc1. The minimum absolute atomic E-state index is 0.0133. The summed E-state index contributed by atoms with van der Waals surface area (Å²) in [6.45, 7) is 4.23. The van der Waals surface area contributed by atoms with Crippen LogP contribution in [0.4, 0.5) is 5.69 Å². The molecule has 0 aliphatic heterocycles. The molecule has 0 atom stereocenters. The summed E-state index contributed by atoms with van der Waals surface area (Å²) in [5, 5.41) is 6.84. The van der Waals surface area contributed by atoms with E-state index in [0.717, 1.165) is 11.3 Å². The fraction of sp³-hybridized carbons (Fsp3) is 0.318. The van der Waals surface area contributed by atoms with Crippen LogP contribution in [-0.4, -0.2) is 38.4 Å². The Morgan fingerprint density at radius 2 is 1.60 bits per heavy atom. The van der Waals surface area contributed by atoms with Gasteiger partial charge in [0.05, 0.1) is 26.5 Å². The summed E-state index contributed by atoms with van der Waals surface area (Å²) in [6, 6.07) is 12.4. The van der Waals surface area contributed by atoms with E-state index >= 15 is 0 Å². The first-order valence-electron chi connectivity index (χ1n) is 9.55. The van der Waals surface area contributed by atoms with Crippen molar-refractivity contribution in [2.45, 2.75) is 26.7 Å². The van der Waals surface area contributed by atoms with Gasteiger partial charge in [-0.15, -0.1) is 0 Å². The van der Waals surface area contributed by atoms with Gasteiger partial charge in [0, 0.05) is 30.2 Å². The zero-order valence-electron chi connectivity index (χ0n) is 17.7. The number of hydrogen-bond donors (Lipinski definition) is 2. The number of amides is 2. The quantitative estimate of drug-likeness (QED) is 0.460. The Balaban J connectivity index is 1.84. The lowest BCUT2D eigenvalue weighted by Gasteiger charge is -2.10. The van der Waals surface area contributed by atoms with Gasteiger partial charge < -0.3 is 19.5 Å². The normalized spacial score (nSPS) is 10.9. The fourth-order valence-electron chi connectivity index (χ4n) is 2.61. The lowest BCUT2D eigenvalue weighted by Crippen LogP contribution is -2.21. The van der Waals surface area contributed by atoms with Gasteiger partial charge in [0.15, 0.2) is 0 Å². The third-order valence-electron chi connectivity index (χ3n) is 4.17. The fourth-order valence-corrected chi connectivity index (χ4v) is 2.61. The van der Waals surface area contributed by atoms with Crippen LogP contribution < -0.4 is 25.0 Å². The van der Waals surface area contributed by atoms with E-state index in [-0.39, 0.29) is 24.7 Å². The Labute approximate surface area is 176 Å². The lowest BCUT2D eigenvalue weighted by atomic mass is 10.1. The van der Waals surface area contributed by atoms with Crippen molar-refractivity contribution in [2.75, 3.05) is 26.1 Å². The van der Waals surface area contributed by atoms with Crippen LogP contribution in [0.3, 0.4) is 0 Å². The number of hydrogen-bond acceptors (Lipinski definition) is 6. The third kappa shape index (κ3) is 6.80. The maximum absolute atomic E-state index is 12.0. The van der Waals surface area contributed by atoms with Gasteiger partial charge in [0.25, 0.3) is 0 Å². The number of rotatable bonds is 10. The molecule has 0 heterocycles. The zero-order valence-corrected chi connectivity index (χ0v) is 17.7. The largest absolute Gasteiger partial charge is 0.497 e. The van der Waals surface area contributed by atoms with E-state index in [2.05, 4.69) is 15.8 Å². The van der Waals surface area contributed by atoms with E-state index in [9.17, 15) is 9.59 Å². The Morgan fingerprint density at radius 3 is 2.23 bits per heavy atom. The number of anilines is 1. The van der Waals surface area contributed by atoms with Crippen LogP contribution >= 0.6 is 0 Å². The molecule has 0 fully saturated rings. The maximum atomic E-state index is 12.0. The first kappa shape index (κ1) is 22.7. The summed E-state index contributed by atoms with van der Waals surface area (Å²) in [6.07, 6.45) is 0.0544. The maximum Gasteiger partial charge on any atom is 0.240 e. The number of benzene rings is 2. The molecule has 0 saturated carbocycles. The van der Waals surface area contributed by atoms with Gasteiger partial charge in [-0.25, -0.2) is 5.43 Å². The summed E-state index contributed by atoms with van der Waals surface area (Å²) in [5.41, 5.74) is 4.41. The number of ether oxygens (including phenoxy) is 3. The average molecular weight is 413 g/mol. The Morgan fingerprint density at radius 1 is 0.933 bits per heavy atom. The minimum Gasteiger partial charge on any atom is -0.497 e. The number of carbonyl (C=O) groups excluding carboxylic acids is 2. The van der Waals surface area contributed by atoms with E-state index in [4.69, 9.17) is 14.2 Å². The third-order valence-corrected chi connectivity index (χ3v) is 4.17. The predicted octanol–water partition coefficient (Wildman–Crippen LogP) is 3.36. The molecule has 2 amide bonds. The van der Waals surface area contributed by atoms with Crippen molar-refractivity contribution in [2.24, 2.45) is 5.10 Å². The molecular weight excluding hydrogens is 386 g/mol. The number of methoxy groups -OCH3 is 2. The molecule has 2 aromatic rings. The molecule has 160 valence electrons. The van der Waals surface area contributed by atoms with Gasteiger partial charge in [0.2, 0.25) is 11.8 Å². The lowest BCUT2D eigenvalue weighted by molar-refractivity contribution is -0.124. The Hall–Kier alpha value is -3.55. The van der Waals surface area contributed by atoms with Gasteiger partial charge in [0.1, 0.15) is 17.2 Å². The van der Waals surface area contributed by atoms with Gasteiger partial charge >= 0.3 is 0 Å². The number of hydrazone groups is 1. The van der Waals surface area contributed by atoms with Crippen molar-refractivity contribution in [3.05, 3.63) is 48.0 Å². The average Bonchev–Trinajstić information content (AvgIpc) is 2.77. The zero-order chi connectivity index (χ0) is 21.9. The van der Waals surface area contributed by atoms with Crippen LogP contribution in [0.25, 0.3) is 0 Å². The molecule has 2 rings (SSSR count). The van der Waals surface area contributed by atoms with E-state index in [1.807, 2.05) is 6.92 Å². The van der Waals surface area contributed by atoms with Gasteiger partial charge in [-0.05, 0) is 50.2 Å². The molecule has 30 heavy (non-hydrogen) atoms. The topological polar surface area (TPSA) is 98.2 Å². The molecule has 0 radical (unpaired) electrons. The van der Waals surface area contributed by atoms with Crippen LogP contribution in [0.5, 0.6) is 17.2 Å². The minimum atomic E-state index is -0.358. The summed E-state index contributed by atoms with van der Waals surface area (Å²) >= 11 is 0. The van der Waals surface area contributed by atoms with Crippen molar-refractivity contribution < 1.29 is 23.8 Å². The molecule has 0 aliphatic rings. The van der Waals surface area contributed by atoms with Crippen molar-refractivity contribution in [3.8, 4) is 17.2 Å². The van der Waals surface area contributed by atoms with E-state index in [1.54, 1.807) is 63.6 Å². The summed E-state index contributed by atoms with van der Waals surface area (Å²) in [5.74, 6) is 1.36. The second kappa shape index (κ2) is 11.5. The molecule has 2 N–H and O–H groups in total. The number of nitrogens with one attached hydrogen (secondary N) is 2. The van der Waals surface area contributed by atoms with Crippen LogP contribution in [0.1, 0.15) is 32.3 Å². The highest BCUT2D eigenvalue weighted by atomic mass is 16.5. The molecular formula is C22H27N3O5. The standard InChI is InChI=1S/C22H27N3O5/c1-5-30-17-8-6-16(7-9-17)23-21(26)12-13-22(27)25-24-15(2)19-11-10-18(28-3)14-20(19)29-4/h6-11,14H,5,12-13H2,1-4H3,(H,23,26)(H,25,27). The monoisotopic (exact) mass is 413 g/mol. The van der Waals surface area contributed by atoms with Crippen LogP contribution in [-0.2, 0) is 9.59 Å². The van der Waals surface area contributed by atoms with E-state index in [0.29, 0.717) is 29.5 Å². The van der Waals surface area contributed by atoms with Crippen LogP contribution in [0, 0.1) is 0 Å². The van der Waals surface area contributed by atoms with Crippen molar-refractivity contribution in [3.63, 3.8) is 0 Å². The smallest absolute Gasteiger partial charge is 0.240 e. The molecule has 0 spiro atoms. The van der Waals surface area contributed by atoms with Crippen LogP contribution in [0.2, 0.25) is 0 Å². The first-order valence-corrected chi connectivity index (χ1v) is 9.55. The Bertz CT molecular complexity index is 894. The van der Waals surface area contributed by atoms with Crippen molar-refractivity contribution >= 4 is 23.2 Å². The molecule has 0 bridgehead atoms. The molecule has 2 aromatic carbocycles. The first-order chi connectivity index (χ1) is 14.5. The molecule has 0 saturated heterocycles. The molecule has 8 heteroatoms. The van der Waals surface area contributed by atoms with E-state index in [1.165, 1.54) is 0 Å². The summed E-state index contributed by atoms with van der Waals surface area (Å²) in [4.78, 5) is 24.1. The summed E-state index contributed by atoms with van der Waals surface area (Å²) < 4.78 is 15.9. The Kier molecular flexibility index (Phi) is 8.68. The number of carbonyl (C=O) groups is 2. The molecule has 8 nitrogen and oxygen atoms in total. The van der Waals surface area contributed by atoms with Gasteiger partial charge in [-0.2, -0.15) is 5.10 Å². The highest BCUT2D eigenvalue weighted by molar-refractivity contribution is 6.02. The predicted molar refractivity (Wildman–Crippen MR) is 115 cm³/mol.